The lowest BCUT2D eigenvalue weighted by Crippen LogP contribution is -2.57. The van der Waals surface area contributed by atoms with Crippen LogP contribution in [0.5, 0.6) is 0 Å². The van der Waals surface area contributed by atoms with Gasteiger partial charge in [-0.3, -0.25) is 0 Å². The van der Waals surface area contributed by atoms with Crippen molar-refractivity contribution in [3.05, 3.63) is 0 Å². The van der Waals surface area contributed by atoms with E-state index < -0.39 is 163 Å². The van der Waals surface area contributed by atoms with Gasteiger partial charge in [0.05, 0.1) is 39.7 Å². The van der Waals surface area contributed by atoms with Crippen LogP contribution >= 0.6 is 11.8 Å². The predicted octanol–water partition coefficient (Wildman–Crippen LogP) is 4.74. The Kier molecular flexibility index (Phi) is 18.2. The van der Waals surface area contributed by atoms with Gasteiger partial charge >= 0.3 is 33.7 Å². The summed E-state index contributed by atoms with van der Waals surface area (Å²) in [6, 6.07) is 0. The van der Waals surface area contributed by atoms with Crippen molar-refractivity contribution in [1.29, 1.82) is 0 Å². The molecular formula is C55H77F6O22S4-3. The minimum Gasteiger partial charge on any atom is -0.743 e. The fourth-order valence-corrected chi connectivity index (χ4v) is 22.0. The third-order valence-corrected chi connectivity index (χ3v) is 26.7. The van der Waals surface area contributed by atoms with Gasteiger partial charge in [-0.15, -0.1) is 0 Å². The molecule has 4 heterocycles. The summed E-state index contributed by atoms with van der Waals surface area (Å²) >= 11 is 1.42. The molecule has 6 bridgehead atoms. The minimum absolute atomic E-state index is 0.00491. The van der Waals surface area contributed by atoms with E-state index in [1.807, 2.05) is 0 Å². The van der Waals surface area contributed by atoms with Crippen LogP contribution in [0, 0.1) is 47.3 Å². The first-order valence-corrected chi connectivity index (χ1v) is 35.6. The zero-order chi connectivity index (χ0) is 63.7. The van der Waals surface area contributed by atoms with E-state index in [2.05, 4.69) is 0 Å². The quantitative estimate of drug-likeness (QED) is 0.0558. The molecule has 15 unspecified atom stereocenters. The second-order valence-electron chi connectivity index (χ2n) is 27.4. The molecule has 8 saturated carbocycles. The Labute approximate surface area is 504 Å². The molecule has 498 valence electrons. The molecule has 0 aromatic heterocycles. The number of esters is 3. The number of hydrogen-bond acceptors (Lipinski definition) is 23. The van der Waals surface area contributed by atoms with Crippen molar-refractivity contribution in [3.8, 4) is 0 Å². The Morgan fingerprint density at radius 2 is 0.736 bits per heavy atom. The number of hydrogen-bond donors (Lipinski definition) is 6. The standard InChI is InChI=1S/C19H28F2O7S.C18H26F2O8S.C18H26F2O7S2/c20-19(21,29(25,26)27)16(22)28-13-10-11-9-12(13)15(18(24)7-3-4-8-18)14(11)17(23)5-1-2-6-17;19-18(20,29(24,25)26)15(21)28-11-9-10-12(16(22)5-1-2-6-16)13(14(11)27-10)17(23)7-3-4-8-17;19-18(20,29(24,25)26)15(21)27-10-9-11-12(16(22)5-1-2-6-16)13(14(10)28-11)17(23)7-3-4-8-17/h11-15,23-24H,1-10H2,(H,25,26,27);2*10-14,22-23H,1-9H2,(H,24,25,26)/p-3. The van der Waals surface area contributed by atoms with Crippen LogP contribution in [0.25, 0.3) is 0 Å². The minimum atomic E-state index is -6.22. The predicted molar refractivity (Wildman–Crippen MR) is 284 cm³/mol. The summed E-state index contributed by atoms with van der Waals surface area (Å²) in [6.45, 7) is 0. The van der Waals surface area contributed by atoms with Gasteiger partial charge in [-0.2, -0.15) is 38.1 Å². The van der Waals surface area contributed by atoms with Gasteiger partial charge in [-0.1, -0.05) is 77.0 Å². The highest BCUT2D eigenvalue weighted by molar-refractivity contribution is 8.01. The fourth-order valence-electron chi connectivity index (χ4n) is 19.0. The highest BCUT2D eigenvalue weighted by Crippen LogP contribution is 2.67. The van der Waals surface area contributed by atoms with Crippen LogP contribution in [0.1, 0.15) is 180 Å². The van der Waals surface area contributed by atoms with E-state index in [1.54, 1.807) is 0 Å². The molecule has 0 radical (unpaired) electrons. The fraction of sp³-hybridized carbons (Fsp3) is 0.945. The van der Waals surface area contributed by atoms with Gasteiger partial charge < -0.3 is 63.2 Å². The van der Waals surface area contributed by atoms with Crippen molar-refractivity contribution in [2.24, 2.45) is 47.3 Å². The van der Waals surface area contributed by atoms with E-state index in [0.717, 1.165) is 77.0 Å². The first-order valence-electron chi connectivity index (χ1n) is 30.5. The zero-order valence-electron chi connectivity index (χ0n) is 47.6. The van der Waals surface area contributed by atoms with E-state index in [9.17, 15) is 110 Å². The largest absolute Gasteiger partial charge is 0.743 e. The number of carbonyl (C=O) groups is 3. The number of ether oxygens (including phenoxy) is 4. The Bertz CT molecular complexity index is 2630. The molecule has 4 saturated heterocycles. The van der Waals surface area contributed by atoms with Crippen LogP contribution in [-0.2, 0) is 63.7 Å². The van der Waals surface area contributed by atoms with Gasteiger partial charge in [-0.25, -0.2) is 39.6 Å². The summed E-state index contributed by atoms with van der Waals surface area (Å²) in [5, 5.41) is 51.6. The second-order valence-corrected chi connectivity index (χ2v) is 33.1. The van der Waals surface area contributed by atoms with Gasteiger partial charge in [0, 0.05) is 46.5 Å². The Balaban J connectivity index is 0.000000144. The van der Waals surface area contributed by atoms with Gasteiger partial charge in [0.2, 0.25) is 0 Å². The molecule has 0 amide bonds. The van der Waals surface area contributed by atoms with Gasteiger partial charge in [0.1, 0.15) is 24.4 Å². The molecule has 15 atom stereocenters. The van der Waals surface area contributed by atoms with Crippen LogP contribution < -0.4 is 0 Å². The molecular weight excluding hydrogens is 1250 g/mol. The lowest BCUT2D eigenvalue weighted by Gasteiger charge is -2.48. The van der Waals surface area contributed by atoms with Crippen molar-refractivity contribution >= 4 is 60.0 Å². The van der Waals surface area contributed by atoms with Crippen LogP contribution in [0.15, 0.2) is 0 Å². The molecule has 0 spiro atoms. The third-order valence-electron chi connectivity index (χ3n) is 22.5. The SMILES string of the molecule is O=C(OC1CC2CC1C(C1(O)CCCC1)C2C1(O)CCCC1)C(F)(F)S(=O)(=O)[O-].O=C(OC1CC2OC1C(C1(O)CCCC1)C2C1(O)CCCC1)C(F)(F)S(=O)(=O)[O-].O=C(OC1CC2SC1C(C1(O)CCCC1)C2C1(O)CCCC1)C(F)(F)S(=O)(=O)[O-]. The maximum absolute atomic E-state index is 13.6. The van der Waals surface area contributed by atoms with E-state index in [1.165, 1.54) is 11.8 Å². The highest BCUT2D eigenvalue weighted by atomic mass is 32.2. The van der Waals surface area contributed by atoms with Crippen molar-refractivity contribution in [3.63, 3.8) is 0 Å². The lowest BCUT2D eigenvalue weighted by molar-refractivity contribution is -0.182. The molecule has 12 aliphatic rings. The van der Waals surface area contributed by atoms with Crippen LogP contribution in [0.3, 0.4) is 0 Å². The number of carbonyl (C=O) groups excluding carboxylic acids is 3. The maximum atomic E-state index is 13.6. The number of rotatable bonds is 15. The molecule has 4 aliphatic heterocycles. The molecule has 32 heteroatoms. The van der Waals surface area contributed by atoms with E-state index in [-0.39, 0.29) is 42.3 Å². The summed E-state index contributed by atoms with van der Waals surface area (Å²) in [4.78, 5) is 35.3. The van der Waals surface area contributed by atoms with Crippen LogP contribution in [-0.4, -0.2) is 178 Å². The molecule has 6 N–H and O–H groups in total. The maximum Gasteiger partial charge on any atom is 0.428 e. The van der Waals surface area contributed by atoms with Crippen molar-refractivity contribution < 1.29 is 129 Å². The number of thioether (sulfide) groups is 1. The van der Waals surface area contributed by atoms with Gasteiger partial charge in [0.15, 0.2) is 30.4 Å². The number of halogens is 6. The number of alkyl halides is 6. The van der Waals surface area contributed by atoms with E-state index >= 15 is 0 Å². The smallest absolute Gasteiger partial charge is 0.428 e. The molecule has 87 heavy (non-hydrogen) atoms. The van der Waals surface area contributed by atoms with Crippen molar-refractivity contribution in [1.82, 2.24) is 0 Å². The summed E-state index contributed by atoms with van der Waals surface area (Å²) in [6.07, 6.45) is 12.9. The van der Waals surface area contributed by atoms with Gasteiger partial charge in [-0.05, 0) is 114 Å². The van der Waals surface area contributed by atoms with Crippen LogP contribution in [0.4, 0.5) is 26.3 Å². The molecule has 22 nitrogen and oxygen atoms in total. The Morgan fingerprint density at radius 3 is 1.13 bits per heavy atom. The van der Waals surface area contributed by atoms with E-state index in [0.29, 0.717) is 83.5 Å². The number of fused-ring (bicyclic) bond motifs is 6. The average molecular weight is 1330 g/mol. The molecule has 0 aromatic carbocycles. The van der Waals surface area contributed by atoms with Gasteiger partial charge in [0.25, 0.3) is 0 Å². The Hall–Kier alpha value is -2.21. The summed E-state index contributed by atoms with van der Waals surface area (Å²) in [5.74, 6) is -9.99. The zero-order valence-corrected chi connectivity index (χ0v) is 50.8. The lowest BCUT2D eigenvalue weighted by atomic mass is 9.62. The summed E-state index contributed by atoms with van der Waals surface area (Å²) < 4.78 is 198. The molecule has 0 aromatic rings. The monoisotopic (exact) mass is 1330 g/mol. The average Bonchev–Trinajstić information content (AvgIpc) is 1.58. The second kappa shape index (κ2) is 23.4. The molecule has 12 rings (SSSR count). The first-order chi connectivity index (χ1) is 40.2. The highest BCUT2D eigenvalue weighted by Gasteiger charge is 2.71. The van der Waals surface area contributed by atoms with Crippen molar-refractivity contribution in [2.75, 3.05) is 0 Å². The van der Waals surface area contributed by atoms with Crippen LogP contribution in [0.2, 0.25) is 0 Å². The third kappa shape index (κ3) is 11.9. The molecule has 12 fully saturated rings. The first kappa shape index (κ1) is 67.7. The topological polar surface area (TPSA) is 381 Å². The van der Waals surface area contributed by atoms with Crippen molar-refractivity contribution in [2.45, 2.75) is 270 Å². The normalized spacial score (nSPS) is 38.4. The Morgan fingerprint density at radius 1 is 0.414 bits per heavy atom. The summed E-state index contributed by atoms with van der Waals surface area (Å²) in [7, 11) is -18.6. The molecule has 8 aliphatic carbocycles. The van der Waals surface area contributed by atoms with E-state index in [4.69, 9.17) is 18.9 Å². The number of aliphatic hydroxyl groups is 6. The summed E-state index contributed by atoms with van der Waals surface area (Å²) in [5.41, 5.74) is -6.21.